The van der Waals surface area contributed by atoms with Crippen LogP contribution in [0.5, 0.6) is 0 Å². The molecule has 6 nitrogen and oxygen atoms in total. The molecule has 7 heteroatoms. The quantitative estimate of drug-likeness (QED) is 0.896. The first-order valence-corrected chi connectivity index (χ1v) is 7.15. The zero-order chi connectivity index (χ0) is 14.8. The molecule has 0 aliphatic rings. The second kappa shape index (κ2) is 5.18. The molecule has 1 amide bonds. The topological polar surface area (TPSA) is 89.7 Å². The normalized spacial score (nSPS) is 12.1. The van der Waals surface area contributed by atoms with Gasteiger partial charge in [0.15, 0.2) is 0 Å². The van der Waals surface area contributed by atoms with Gasteiger partial charge in [-0.1, -0.05) is 6.07 Å². The number of nitrogens with two attached hydrogens (primary N) is 1. The van der Waals surface area contributed by atoms with Crippen LogP contribution in [0.2, 0.25) is 0 Å². The van der Waals surface area contributed by atoms with Gasteiger partial charge in [-0.25, -0.2) is 18.4 Å². The number of carbonyl (C=O) groups excluding carboxylic acids is 1. The lowest BCUT2D eigenvalue weighted by Crippen LogP contribution is -2.34. The molecule has 0 aliphatic heterocycles. The van der Waals surface area contributed by atoms with Gasteiger partial charge in [-0.2, -0.15) is 0 Å². The minimum Gasteiger partial charge on any atom is -0.443 e. The van der Waals surface area contributed by atoms with Crippen LogP contribution >= 0.6 is 0 Å². The lowest BCUT2D eigenvalue weighted by molar-refractivity contribution is 0.0589. The number of ether oxygens (including phenoxy) is 1. The first kappa shape index (κ1) is 15.5. The molecule has 0 unspecified atom stereocenters. The van der Waals surface area contributed by atoms with Crippen LogP contribution in [-0.4, -0.2) is 27.2 Å². The van der Waals surface area contributed by atoms with E-state index in [1.165, 1.54) is 30.1 Å². The second-order valence-electron chi connectivity index (χ2n) is 5.08. The molecule has 106 valence electrons. The molecule has 0 fully saturated rings. The summed E-state index contributed by atoms with van der Waals surface area (Å²) in [6.07, 6.45) is -0.570. The van der Waals surface area contributed by atoms with Crippen LogP contribution in [0.25, 0.3) is 0 Å². The molecule has 19 heavy (non-hydrogen) atoms. The van der Waals surface area contributed by atoms with Crippen molar-refractivity contribution in [2.45, 2.75) is 31.3 Å². The van der Waals surface area contributed by atoms with Crippen molar-refractivity contribution >= 4 is 21.8 Å². The Bertz CT molecular complexity index is 576. The van der Waals surface area contributed by atoms with Crippen molar-refractivity contribution in [2.24, 2.45) is 5.14 Å². The van der Waals surface area contributed by atoms with Crippen molar-refractivity contribution in [3.05, 3.63) is 24.3 Å². The van der Waals surface area contributed by atoms with Gasteiger partial charge in [-0.15, -0.1) is 0 Å². The highest BCUT2D eigenvalue weighted by molar-refractivity contribution is 7.89. The van der Waals surface area contributed by atoms with E-state index in [-0.39, 0.29) is 4.90 Å². The number of hydrogen-bond donors (Lipinski definition) is 1. The van der Waals surface area contributed by atoms with Crippen LogP contribution in [-0.2, 0) is 14.8 Å². The number of nitrogens with zero attached hydrogens (tertiary/aromatic N) is 1. The summed E-state index contributed by atoms with van der Waals surface area (Å²) in [6, 6.07) is 5.79. The van der Waals surface area contributed by atoms with Gasteiger partial charge < -0.3 is 4.74 Å². The minimum atomic E-state index is -3.80. The van der Waals surface area contributed by atoms with E-state index in [1.807, 2.05) is 0 Å². The first-order chi connectivity index (χ1) is 8.50. The van der Waals surface area contributed by atoms with Crippen molar-refractivity contribution in [3.63, 3.8) is 0 Å². The first-order valence-electron chi connectivity index (χ1n) is 5.60. The average Bonchev–Trinajstić information content (AvgIpc) is 2.24. The predicted octanol–water partition coefficient (Wildman–Crippen LogP) is 1.71. The lowest BCUT2D eigenvalue weighted by atomic mass is 10.2. The maximum Gasteiger partial charge on any atom is 0.414 e. The van der Waals surface area contributed by atoms with E-state index in [2.05, 4.69) is 0 Å². The van der Waals surface area contributed by atoms with Crippen molar-refractivity contribution < 1.29 is 17.9 Å². The van der Waals surface area contributed by atoms with Gasteiger partial charge in [0.2, 0.25) is 10.0 Å². The van der Waals surface area contributed by atoms with E-state index in [9.17, 15) is 13.2 Å². The minimum absolute atomic E-state index is 0.0552. The van der Waals surface area contributed by atoms with E-state index in [0.717, 1.165) is 0 Å². The van der Waals surface area contributed by atoms with Gasteiger partial charge in [0, 0.05) is 12.7 Å². The number of sulfonamides is 1. The summed E-state index contributed by atoms with van der Waals surface area (Å²) in [5.41, 5.74) is -0.233. The molecular formula is C12H18N2O4S. The largest absolute Gasteiger partial charge is 0.443 e. The molecule has 2 N–H and O–H groups in total. The maximum atomic E-state index is 11.8. The van der Waals surface area contributed by atoms with Crippen molar-refractivity contribution in [1.82, 2.24) is 0 Å². The Kier molecular flexibility index (Phi) is 4.21. The van der Waals surface area contributed by atoms with E-state index in [0.29, 0.717) is 5.69 Å². The standard InChI is InChI=1S/C12H18N2O4S/c1-12(2,3)18-11(15)14(4)9-6-5-7-10(8-9)19(13,16)17/h5-8H,1-4H3,(H2,13,16,17). The second-order valence-corrected chi connectivity index (χ2v) is 6.64. The molecule has 0 heterocycles. The fourth-order valence-corrected chi connectivity index (χ4v) is 1.86. The highest BCUT2D eigenvalue weighted by Crippen LogP contribution is 2.19. The highest BCUT2D eigenvalue weighted by atomic mass is 32.2. The van der Waals surface area contributed by atoms with Gasteiger partial charge in [-0.05, 0) is 39.0 Å². The number of rotatable bonds is 2. The summed E-state index contributed by atoms with van der Waals surface area (Å²) in [5, 5.41) is 5.04. The summed E-state index contributed by atoms with van der Waals surface area (Å²) >= 11 is 0. The van der Waals surface area contributed by atoms with Gasteiger partial charge in [-0.3, -0.25) is 4.90 Å². The van der Waals surface area contributed by atoms with Crippen LogP contribution in [0.15, 0.2) is 29.2 Å². The Balaban J connectivity index is 3.01. The SMILES string of the molecule is CN(C(=O)OC(C)(C)C)c1cccc(S(N)(=O)=O)c1. The van der Waals surface area contributed by atoms with E-state index >= 15 is 0 Å². The number of primary sulfonamides is 1. The molecule has 0 radical (unpaired) electrons. The fourth-order valence-electron chi connectivity index (χ4n) is 1.30. The predicted molar refractivity (Wildman–Crippen MR) is 72.5 cm³/mol. The molecular weight excluding hydrogens is 268 g/mol. The van der Waals surface area contributed by atoms with Crippen LogP contribution in [0, 0.1) is 0 Å². The van der Waals surface area contributed by atoms with E-state index in [1.54, 1.807) is 26.8 Å². The Morgan fingerprint density at radius 2 is 1.89 bits per heavy atom. The molecule has 0 aromatic heterocycles. The fraction of sp³-hybridized carbons (Fsp3) is 0.417. The van der Waals surface area contributed by atoms with Gasteiger partial charge in [0.25, 0.3) is 0 Å². The zero-order valence-corrected chi connectivity index (χ0v) is 12.2. The number of benzene rings is 1. The van der Waals surface area contributed by atoms with Crippen LogP contribution in [0.4, 0.5) is 10.5 Å². The Hall–Kier alpha value is -1.60. The summed E-state index contributed by atoms with van der Waals surface area (Å²) in [7, 11) is -2.30. The molecule has 1 aromatic rings. The Labute approximate surface area is 113 Å². The molecule has 0 saturated heterocycles. The average molecular weight is 286 g/mol. The molecule has 1 aromatic carbocycles. The summed E-state index contributed by atoms with van der Waals surface area (Å²) in [4.78, 5) is 13.0. The van der Waals surface area contributed by atoms with Crippen LogP contribution in [0.1, 0.15) is 20.8 Å². The molecule has 0 aliphatic carbocycles. The highest BCUT2D eigenvalue weighted by Gasteiger charge is 2.21. The third-order valence-electron chi connectivity index (χ3n) is 2.20. The smallest absolute Gasteiger partial charge is 0.414 e. The van der Waals surface area contributed by atoms with Crippen molar-refractivity contribution in [3.8, 4) is 0 Å². The van der Waals surface area contributed by atoms with Crippen molar-refractivity contribution in [2.75, 3.05) is 11.9 Å². The van der Waals surface area contributed by atoms with E-state index < -0.39 is 21.7 Å². The van der Waals surface area contributed by atoms with Crippen LogP contribution in [0.3, 0.4) is 0 Å². The number of hydrogen-bond acceptors (Lipinski definition) is 4. The third-order valence-corrected chi connectivity index (χ3v) is 3.11. The molecule has 0 spiro atoms. The van der Waals surface area contributed by atoms with Crippen LogP contribution < -0.4 is 10.0 Å². The molecule has 0 saturated carbocycles. The maximum absolute atomic E-state index is 11.8. The summed E-state index contributed by atoms with van der Waals surface area (Å²) in [5.74, 6) is 0. The van der Waals surface area contributed by atoms with E-state index in [4.69, 9.17) is 9.88 Å². The molecule has 0 atom stereocenters. The zero-order valence-electron chi connectivity index (χ0n) is 11.4. The lowest BCUT2D eigenvalue weighted by Gasteiger charge is -2.24. The number of amides is 1. The third kappa shape index (κ3) is 4.53. The monoisotopic (exact) mass is 286 g/mol. The molecule has 1 rings (SSSR count). The van der Waals surface area contributed by atoms with Gasteiger partial charge in [0.05, 0.1) is 4.90 Å². The van der Waals surface area contributed by atoms with Gasteiger partial charge >= 0.3 is 6.09 Å². The summed E-state index contributed by atoms with van der Waals surface area (Å²) in [6.45, 7) is 5.25. The molecule has 0 bridgehead atoms. The number of carbonyl (C=O) groups is 1. The van der Waals surface area contributed by atoms with Crippen molar-refractivity contribution in [1.29, 1.82) is 0 Å². The van der Waals surface area contributed by atoms with Gasteiger partial charge in [0.1, 0.15) is 5.60 Å². The Morgan fingerprint density at radius 3 is 2.37 bits per heavy atom. The Morgan fingerprint density at radius 1 is 1.32 bits per heavy atom. The summed E-state index contributed by atoms with van der Waals surface area (Å²) < 4.78 is 27.7. The number of anilines is 1.